The molecule has 5 rings (SSSR count). The summed E-state index contributed by atoms with van der Waals surface area (Å²) < 4.78 is 33.5. The average molecular weight is 547 g/mol. The van der Waals surface area contributed by atoms with Crippen molar-refractivity contribution in [1.82, 2.24) is 29.4 Å². The van der Waals surface area contributed by atoms with E-state index in [1.807, 2.05) is 35.2 Å². The third kappa shape index (κ3) is 6.51. The number of carboxylic acid groups (broad SMARTS) is 1. The minimum absolute atomic E-state index is 0.0522. The molecule has 0 radical (unpaired) electrons. The van der Waals surface area contributed by atoms with Gasteiger partial charge in [-0.2, -0.15) is 13.2 Å². The number of aromatic nitrogens is 5. The SMILES string of the molecule is O=C(CCCc1nc2ccccc2c(=O)[nH]1)N1CCC(n2c(=O)[nH]c3ncccc32)CC1.O=C(O)C(F)(F)F. The lowest BCUT2D eigenvalue weighted by Gasteiger charge is -2.32. The molecular weight excluding hydrogens is 521 g/mol. The number of benzene rings is 1. The molecule has 14 heteroatoms. The van der Waals surface area contributed by atoms with Crippen LogP contribution < -0.4 is 11.2 Å². The summed E-state index contributed by atoms with van der Waals surface area (Å²) in [6.07, 6.45) is -0.404. The van der Waals surface area contributed by atoms with E-state index in [4.69, 9.17) is 9.90 Å². The number of rotatable bonds is 5. The highest BCUT2D eigenvalue weighted by Crippen LogP contribution is 2.25. The zero-order valence-corrected chi connectivity index (χ0v) is 20.6. The first-order chi connectivity index (χ1) is 18.5. The van der Waals surface area contributed by atoms with E-state index >= 15 is 0 Å². The van der Waals surface area contributed by atoms with Gasteiger partial charge < -0.3 is 15.0 Å². The largest absolute Gasteiger partial charge is 0.490 e. The van der Waals surface area contributed by atoms with Gasteiger partial charge in [-0.3, -0.25) is 19.1 Å². The van der Waals surface area contributed by atoms with Gasteiger partial charge in [-0.1, -0.05) is 12.1 Å². The molecule has 4 heterocycles. The number of imidazole rings is 1. The van der Waals surface area contributed by atoms with E-state index in [0.717, 1.165) is 18.4 Å². The number of likely N-dealkylation sites (tertiary alicyclic amines) is 1. The van der Waals surface area contributed by atoms with E-state index in [-0.39, 0.29) is 23.2 Å². The van der Waals surface area contributed by atoms with Crippen LogP contribution in [0.2, 0.25) is 0 Å². The van der Waals surface area contributed by atoms with Crippen LogP contribution >= 0.6 is 0 Å². The molecule has 0 bridgehead atoms. The molecular formula is C25H25F3N6O5. The van der Waals surface area contributed by atoms with Gasteiger partial charge in [0.25, 0.3) is 5.56 Å². The highest BCUT2D eigenvalue weighted by atomic mass is 19.4. The summed E-state index contributed by atoms with van der Waals surface area (Å²) in [6.45, 7) is 1.24. The molecule has 0 atom stereocenters. The van der Waals surface area contributed by atoms with Gasteiger partial charge in [-0.15, -0.1) is 0 Å². The quantitative estimate of drug-likeness (QED) is 0.348. The van der Waals surface area contributed by atoms with Crippen LogP contribution in [0, 0.1) is 0 Å². The fourth-order valence-electron chi connectivity index (χ4n) is 4.51. The molecule has 0 saturated carbocycles. The van der Waals surface area contributed by atoms with E-state index in [1.54, 1.807) is 16.8 Å². The molecule has 1 aliphatic heterocycles. The highest BCUT2D eigenvalue weighted by Gasteiger charge is 2.38. The van der Waals surface area contributed by atoms with E-state index in [0.29, 0.717) is 54.7 Å². The number of halogens is 3. The third-order valence-corrected chi connectivity index (χ3v) is 6.38. The molecule has 206 valence electrons. The zero-order chi connectivity index (χ0) is 28.2. The number of amides is 1. The number of aryl methyl sites for hydroxylation is 1. The number of alkyl halides is 3. The van der Waals surface area contributed by atoms with E-state index in [2.05, 4.69) is 19.9 Å². The van der Waals surface area contributed by atoms with Crippen molar-refractivity contribution in [3.63, 3.8) is 0 Å². The molecule has 1 aromatic carbocycles. The predicted octanol–water partition coefficient (Wildman–Crippen LogP) is 2.78. The van der Waals surface area contributed by atoms with Gasteiger partial charge in [0.05, 0.1) is 16.4 Å². The Bertz CT molecular complexity index is 1600. The topological polar surface area (TPSA) is 154 Å². The van der Waals surface area contributed by atoms with Gasteiger partial charge in [-0.25, -0.2) is 19.6 Å². The van der Waals surface area contributed by atoms with Crippen LogP contribution in [0.25, 0.3) is 22.1 Å². The lowest BCUT2D eigenvalue weighted by Crippen LogP contribution is -2.40. The van der Waals surface area contributed by atoms with Crippen molar-refractivity contribution in [2.45, 2.75) is 44.3 Å². The molecule has 0 aliphatic carbocycles. The number of para-hydroxylation sites is 1. The molecule has 39 heavy (non-hydrogen) atoms. The van der Waals surface area contributed by atoms with E-state index < -0.39 is 12.1 Å². The first kappa shape index (κ1) is 27.5. The number of hydrogen-bond acceptors (Lipinski definition) is 6. The Balaban J connectivity index is 0.000000448. The van der Waals surface area contributed by atoms with Gasteiger partial charge in [0.1, 0.15) is 5.82 Å². The van der Waals surface area contributed by atoms with Crippen molar-refractivity contribution in [2.75, 3.05) is 13.1 Å². The highest BCUT2D eigenvalue weighted by molar-refractivity contribution is 5.77. The Morgan fingerprint density at radius 3 is 2.44 bits per heavy atom. The number of piperidine rings is 1. The fourth-order valence-corrected chi connectivity index (χ4v) is 4.51. The minimum Gasteiger partial charge on any atom is -0.475 e. The van der Waals surface area contributed by atoms with Gasteiger partial charge in [0.2, 0.25) is 5.91 Å². The number of aliphatic carboxylic acids is 1. The van der Waals surface area contributed by atoms with E-state index in [9.17, 15) is 27.6 Å². The number of nitrogens with one attached hydrogen (secondary N) is 2. The average Bonchev–Trinajstić information content (AvgIpc) is 3.24. The van der Waals surface area contributed by atoms with Crippen LogP contribution in [0.5, 0.6) is 0 Å². The second-order valence-corrected chi connectivity index (χ2v) is 8.97. The second kappa shape index (κ2) is 11.5. The summed E-state index contributed by atoms with van der Waals surface area (Å²) in [5.41, 5.74) is 1.76. The van der Waals surface area contributed by atoms with Crippen molar-refractivity contribution in [3.05, 3.63) is 69.3 Å². The molecule has 0 unspecified atom stereocenters. The van der Waals surface area contributed by atoms with E-state index in [1.165, 1.54) is 0 Å². The first-order valence-corrected chi connectivity index (χ1v) is 12.2. The molecule has 1 fully saturated rings. The van der Waals surface area contributed by atoms with Crippen molar-refractivity contribution < 1.29 is 27.9 Å². The Morgan fingerprint density at radius 1 is 1.05 bits per heavy atom. The van der Waals surface area contributed by atoms with Crippen LogP contribution in [-0.4, -0.2) is 65.7 Å². The third-order valence-electron chi connectivity index (χ3n) is 6.38. The molecule has 3 N–H and O–H groups in total. The Hall–Kier alpha value is -4.49. The number of nitrogens with zero attached hydrogens (tertiary/aromatic N) is 4. The number of hydrogen-bond donors (Lipinski definition) is 3. The number of aromatic amines is 2. The number of carboxylic acids is 1. The van der Waals surface area contributed by atoms with Crippen LogP contribution in [0.15, 0.2) is 52.2 Å². The van der Waals surface area contributed by atoms with Gasteiger partial charge in [0.15, 0.2) is 5.65 Å². The summed E-state index contributed by atoms with van der Waals surface area (Å²) >= 11 is 0. The number of carbonyl (C=O) groups excluding carboxylic acids is 1. The van der Waals surface area contributed by atoms with Crippen LogP contribution in [-0.2, 0) is 16.0 Å². The Morgan fingerprint density at radius 2 is 1.74 bits per heavy atom. The summed E-state index contributed by atoms with van der Waals surface area (Å²) in [4.78, 5) is 62.3. The molecule has 1 amide bonds. The van der Waals surface area contributed by atoms with Gasteiger partial charge in [0, 0.05) is 38.2 Å². The Kier molecular flexibility index (Phi) is 8.12. The predicted molar refractivity (Wildman–Crippen MR) is 134 cm³/mol. The fraction of sp³-hybridized carbons (Fsp3) is 0.360. The maximum absolute atomic E-state index is 12.7. The standard InChI is InChI=1S/C23H24N6O3.C2HF3O2/c30-20(9-3-8-19-25-17-6-2-1-5-16(17)22(31)26-19)28-13-10-15(11-14-28)29-18-7-4-12-24-21(18)27-23(29)32;3-2(4,5)1(6)7/h1-2,4-7,12,15H,3,8-11,13-14H2,(H,24,27,32)(H,25,26,31);(H,6,7). The number of fused-ring (bicyclic) bond motifs is 2. The maximum Gasteiger partial charge on any atom is 0.490 e. The van der Waals surface area contributed by atoms with Crippen molar-refractivity contribution in [3.8, 4) is 0 Å². The summed E-state index contributed by atoms with van der Waals surface area (Å²) in [5, 5.41) is 7.69. The summed E-state index contributed by atoms with van der Waals surface area (Å²) in [7, 11) is 0. The number of pyridine rings is 1. The number of H-pyrrole nitrogens is 2. The molecule has 3 aromatic heterocycles. The lowest BCUT2D eigenvalue weighted by molar-refractivity contribution is -0.192. The van der Waals surface area contributed by atoms with Crippen LogP contribution in [0.3, 0.4) is 0 Å². The molecule has 1 aliphatic rings. The molecule has 4 aromatic rings. The molecule has 1 saturated heterocycles. The monoisotopic (exact) mass is 546 g/mol. The van der Waals surface area contributed by atoms with Gasteiger partial charge >= 0.3 is 17.8 Å². The zero-order valence-electron chi connectivity index (χ0n) is 20.6. The second-order valence-electron chi connectivity index (χ2n) is 8.97. The van der Waals surface area contributed by atoms with Crippen LogP contribution in [0.4, 0.5) is 13.2 Å². The van der Waals surface area contributed by atoms with Gasteiger partial charge in [-0.05, 0) is 43.5 Å². The number of carbonyl (C=O) groups is 2. The maximum atomic E-state index is 12.7. The van der Waals surface area contributed by atoms with Crippen LogP contribution in [0.1, 0.15) is 37.5 Å². The first-order valence-electron chi connectivity index (χ1n) is 12.2. The minimum atomic E-state index is -5.08. The molecule has 0 spiro atoms. The lowest BCUT2D eigenvalue weighted by atomic mass is 10.0. The Labute approximate surface area is 218 Å². The molecule has 11 nitrogen and oxygen atoms in total. The van der Waals surface area contributed by atoms with Crippen molar-refractivity contribution in [2.24, 2.45) is 0 Å². The summed E-state index contributed by atoms with van der Waals surface area (Å²) in [5.74, 6) is -2.06. The van der Waals surface area contributed by atoms with Crippen molar-refractivity contribution >= 4 is 33.9 Å². The van der Waals surface area contributed by atoms with Crippen molar-refractivity contribution in [1.29, 1.82) is 0 Å². The normalized spacial score (nSPS) is 14.3. The summed E-state index contributed by atoms with van der Waals surface area (Å²) in [6, 6.07) is 11.0. The smallest absolute Gasteiger partial charge is 0.475 e.